The van der Waals surface area contributed by atoms with E-state index in [-0.39, 0.29) is 10.6 Å². The first kappa shape index (κ1) is 15.6. The van der Waals surface area contributed by atoms with Gasteiger partial charge in [0.05, 0.1) is 17.5 Å². The third-order valence-corrected chi connectivity index (χ3v) is 3.06. The van der Waals surface area contributed by atoms with E-state index in [1.807, 2.05) is 4.72 Å². The molecule has 0 amide bonds. The number of nitrogens with one attached hydrogen (secondary N) is 1. The van der Waals surface area contributed by atoms with Gasteiger partial charge >= 0.3 is 11.5 Å². The molecule has 0 aliphatic rings. The Hall–Kier alpha value is -1.42. The Morgan fingerprint density at radius 2 is 1.95 bits per heavy atom. The van der Waals surface area contributed by atoms with E-state index in [0.29, 0.717) is 0 Å². The topological polar surface area (TPSA) is 83.5 Å². The van der Waals surface area contributed by atoms with Crippen molar-refractivity contribution in [2.45, 2.75) is 10.4 Å². The Bertz CT molecular complexity index is 598. The van der Waals surface area contributed by atoms with E-state index < -0.39 is 38.8 Å². The predicted octanol–water partition coefficient (Wildman–Crippen LogP) is 2.37. The second kappa shape index (κ2) is 5.29. The number of thioether (sulfide) groups is 1. The molecule has 0 bridgehead atoms. The van der Waals surface area contributed by atoms with Crippen LogP contribution >= 0.6 is 11.8 Å². The number of carboxylic acid groups (broad SMARTS) is 1. The van der Waals surface area contributed by atoms with E-state index in [2.05, 4.69) is 0 Å². The quantitative estimate of drug-likeness (QED) is 0.833. The first-order chi connectivity index (χ1) is 8.48. The summed E-state index contributed by atoms with van der Waals surface area (Å²) >= 11 is -0.482. The molecule has 0 fully saturated rings. The molecule has 0 aliphatic carbocycles. The third-order valence-electron chi connectivity index (χ3n) is 1.75. The van der Waals surface area contributed by atoms with E-state index in [1.165, 1.54) is 0 Å². The zero-order valence-electron chi connectivity index (χ0n) is 9.35. The first-order valence-corrected chi connectivity index (χ1v) is 7.29. The summed E-state index contributed by atoms with van der Waals surface area (Å²) in [6, 6.07) is 2.71. The van der Waals surface area contributed by atoms with Gasteiger partial charge in [0.2, 0.25) is 10.0 Å². The minimum absolute atomic E-state index is 0.290. The van der Waals surface area contributed by atoms with E-state index in [1.54, 1.807) is 0 Å². The lowest BCUT2D eigenvalue weighted by Gasteiger charge is -2.10. The molecular weight excluding hydrogens is 307 g/mol. The summed E-state index contributed by atoms with van der Waals surface area (Å²) in [7, 11) is -3.72. The highest BCUT2D eigenvalue weighted by atomic mass is 32.2. The highest BCUT2D eigenvalue weighted by molar-refractivity contribution is 8.00. The molecule has 0 spiro atoms. The van der Waals surface area contributed by atoms with Crippen LogP contribution in [0.25, 0.3) is 0 Å². The van der Waals surface area contributed by atoms with Gasteiger partial charge in [0.1, 0.15) is 0 Å². The fourth-order valence-corrected chi connectivity index (χ4v) is 2.34. The van der Waals surface area contributed by atoms with Crippen LogP contribution in [0.4, 0.5) is 18.9 Å². The maximum Gasteiger partial charge on any atom is 0.446 e. The molecule has 0 aromatic heterocycles. The van der Waals surface area contributed by atoms with Gasteiger partial charge in [-0.2, -0.15) is 13.2 Å². The van der Waals surface area contributed by atoms with Gasteiger partial charge < -0.3 is 5.11 Å². The number of hydrogen-bond acceptors (Lipinski definition) is 4. The van der Waals surface area contributed by atoms with Gasteiger partial charge in [-0.05, 0) is 30.0 Å². The van der Waals surface area contributed by atoms with Crippen LogP contribution < -0.4 is 4.72 Å². The number of rotatable bonds is 4. The molecule has 0 radical (unpaired) electrons. The SMILES string of the molecule is CS(=O)(=O)Nc1ccc(SC(F)(F)F)cc1C(=O)O. The van der Waals surface area contributed by atoms with Gasteiger partial charge in [-0.1, -0.05) is 0 Å². The standard InChI is InChI=1S/C9H8F3NO4S2/c1-19(16,17)13-7-3-2-5(18-9(10,11)12)4-6(7)8(14)15/h2-4,13H,1H3,(H,14,15). The monoisotopic (exact) mass is 315 g/mol. The smallest absolute Gasteiger partial charge is 0.446 e. The Morgan fingerprint density at radius 1 is 1.37 bits per heavy atom. The van der Waals surface area contributed by atoms with E-state index in [0.717, 1.165) is 24.5 Å². The fraction of sp³-hybridized carbons (Fsp3) is 0.222. The van der Waals surface area contributed by atoms with Crippen molar-refractivity contribution in [2.24, 2.45) is 0 Å². The average molecular weight is 315 g/mol. The molecule has 1 aromatic rings. The van der Waals surface area contributed by atoms with Gasteiger partial charge in [-0.3, -0.25) is 4.72 Å². The number of alkyl halides is 3. The van der Waals surface area contributed by atoms with E-state index in [4.69, 9.17) is 5.11 Å². The molecule has 0 atom stereocenters. The number of benzene rings is 1. The molecule has 1 rings (SSSR count). The number of anilines is 1. The largest absolute Gasteiger partial charge is 0.478 e. The number of sulfonamides is 1. The minimum atomic E-state index is -4.55. The van der Waals surface area contributed by atoms with Gasteiger partial charge in [-0.15, -0.1) is 0 Å². The molecular formula is C9H8F3NO4S2. The van der Waals surface area contributed by atoms with Crippen LogP contribution in [0.15, 0.2) is 23.1 Å². The Balaban J connectivity index is 3.19. The molecule has 1 aromatic carbocycles. The summed E-state index contributed by atoms with van der Waals surface area (Å²) in [5, 5.41) is 8.86. The summed E-state index contributed by atoms with van der Waals surface area (Å²) in [5.74, 6) is -1.53. The molecule has 0 unspecified atom stereocenters. The number of hydrogen-bond donors (Lipinski definition) is 2. The van der Waals surface area contributed by atoms with Crippen LogP contribution in [0.2, 0.25) is 0 Å². The molecule has 10 heteroatoms. The minimum Gasteiger partial charge on any atom is -0.478 e. The summed E-state index contributed by atoms with van der Waals surface area (Å²) in [5.41, 5.74) is -5.40. The zero-order chi connectivity index (χ0) is 14.8. The van der Waals surface area contributed by atoms with Crippen molar-refractivity contribution in [2.75, 3.05) is 11.0 Å². The summed E-state index contributed by atoms with van der Waals surface area (Å²) in [6.07, 6.45) is 0.803. The first-order valence-electron chi connectivity index (χ1n) is 4.59. The lowest BCUT2D eigenvalue weighted by atomic mass is 10.2. The van der Waals surface area contributed by atoms with Crippen molar-refractivity contribution < 1.29 is 31.5 Å². The molecule has 2 N–H and O–H groups in total. The Kier molecular flexibility index (Phi) is 4.35. The normalized spacial score (nSPS) is 12.2. The van der Waals surface area contributed by atoms with Crippen molar-refractivity contribution in [1.82, 2.24) is 0 Å². The van der Waals surface area contributed by atoms with Crippen LogP contribution in [0, 0.1) is 0 Å². The van der Waals surface area contributed by atoms with Gasteiger partial charge in [0, 0.05) is 4.90 Å². The fourth-order valence-electron chi connectivity index (χ4n) is 1.19. The second-order valence-corrected chi connectivity index (χ2v) is 6.32. The number of carbonyl (C=O) groups is 1. The highest BCUT2D eigenvalue weighted by Crippen LogP contribution is 2.38. The maximum absolute atomic E-state index is 12.1. The summed E-state index contributed by atoms with van der Waals surface area (Å²) in [6.45, 7) is 0. The Labute approximate surface area is 110 Å². The van der Waals surface area contributed by atoms with Gasteiger partial charge in [0.15, 0.2) is 0 Å². The highest BCUT2D eigenvalue weighted by Gasteiger charge is 2.30. The average Bonchev–Trinajstić information content (AvgIpc) is 2.15. The van der Waals surface area contributed by atoms with Crippen LogP contribution in [0.3, 0.4) is 0 Å². The van der Waals surface area contributed by atoms with Crippen LogP contribution in [0.5, 0.6) is 0 Å². The van der Waals surface area contributed by atoms with Crippen molar-refractivity contribution in [1.29, 1.82) is 0 Å². The molecule has 0 saturated carbocycles. The predicted molar refractivity (Wildman–Crippen MR) is 63.8 cm³/mol. The maximum atomic E-state index is 12.1. The van der Waals surface area contributed by atoms with E-state index in [9.17, 15) is 26.4 Å². The van der Waals surface area contributed by atoms with Crippen molar-refractivity contribution in [3.8, 4) is 0 Å². The third kappa shape index (κ3) is 5.39. The lowest BCUT2D eigenvalue weighted by molar-refractivity contribution is -0.0328. The second-order valence-electron chi connectivity index (χ2n) is 3.43. The molecule has 106 valence electrons. The molecule has 5 nitrogen and oxygen atoms in total. The van der Waals surface area contributed by atoms with Gasteiger partial charge in [-0.25, -0.2) is 13.2 Å². The number of aromatic carboxylic acids is 1. The van der Waals surface area contributed by atoms with Crippen molar-refractivity contribution in [3.05, 3.63) is 23.8 Å². The number of carboxylic acids is 1. The molecule has 0 heterocycles. The number of halogens is 3. The van der Waals surface area contributed by atoms with Gasteiger partial charge in [0.25, 0.3) is 0 Å². The van der Waals surface area contributed by atoms with Crippen molar-refractivity contribution in [3.63, 3.8) is 0 Å². The summed E-state index contributed by atoms with van der Waals surface area (Å²) in [4.78, 5) is 10.6. The van der Waals surface area contributed by atoms with Crippen LogP contribution in [-0.2, 0) is 10.0 Å². The molecule has 19 heavy (non-hydrogen) atoms. The molecule has 0 aliphatic heterocycles. The van der Waals surface area contributed by atoms with Crippen LogP contribution in [0.1, 0.15) is 10.4 Å². The van der Waals surface area contributed by atoms with Crippen LogP contribution in [-0.4, -0.2) is 31.3 Å². The summed E-state index contributed by atoms with van der Waals surface area (Å²) < 4.78 is 60.4. The van der Waals surface area contributed by atoms with E-state index >= 15 is 0 Å². The Morgan fingerprint density at radius 3 is 2.37 bits per heavy atom. The van der Waals surface area contributed by atoms with Crippen molar-refractivity contribution >= 4 is 33.4 Å². The molecule has 0 saturated heterocycles. The lowest BCUT2D eigenvalue weighted by Crippen LogP contribution is -2.13. The zero-order valence-corrected chi connectivity index (χ0v) is 11.0.